The van der Waals surface area contributed by atoms with Crippen molar-refractivity contribution in [3.8, 4) is 27.9 Å². The molecule has 10 rings (SSSR count). The lowest BCUT2D eigenvalue weighted by Gasteiger charge is -2.21. The molecule has 0 fully saturated rings. The number of aromatic nitrogens is 1. The SMILES string of the molecule is C=C1/C=C(c2ccc3c(c2)c2cc4c(cc2n3-c2ccccc2)C(C)(C)c2ccccc2-4)\C=C/Nc2c1ccc1c2C(=O)c2ccccc2-1. The topological polar surface area (TPSA) is 34.0 Å². The van der Waals surface area contributed by atoms with Gasteiger partial charge < -0.3 is 9.88 Å². The molecule has 232 valence electrons. The largest absolute Gasteiger partial charge is 0.361 e. The van der Waals surface area contributed by atoms with Gasteiger partial charge in [0.05, 0.1) is 22.3 Å². The molecule has 1 aliphatic heterocycles. The molecule has 6 aromatic carbocycles. The predicted molar refractivity (Wildman–Crippen MR) is 203 cm³/mol. The third-order valence-corrected chi connectivity index (χ3v) is 10.9. The van der Waals surface area contributed by atoms with Crippen LogP contribution in [0.5, 0.6) is 0 Å². The molecule has 0 saturated carbocycles. The van der Waals surface area contributed by atoms with Crippen LogP contribution in [0.2, 0.25) is 0 Å². The monoisotopic (exact) mass is 628 g/mol. The molecule has 3 heteroatoms. The summed E-state index contributed by atoms with van der Waals surface area (Å²) in [6, 6.07) is 43.1. The summed E-state index contributed by atoms with van der Waals surface area (Å²) in [5.74, 6) is 0.0543. The van der Waals surface area contributed by atoms with E-state index in [0.717, 1.165) is 50.3 Å². The van der Waals surface area contributed by atoms with Crippen LogP contribution >= 0.6 is 0 Å². The number of nitrogens with zero attached hydrogens (tertiary/aromatic N) is 1. The van der Waals surface area contributed by atoms with Gasteiger partial charge in [-0.15, -0.1) is 0 Å². The minimum absolute atomic E-state index is 0.0543. The zero-order chi connectivity index (χ0) is 33.0. The Morgan fingerprint density at radius 1 is 0.633 bits per heavy atom. The van der Waals surface area contributed by atoms with Crippen LogP contribution in [0.3, 0.4) is 0 Å². The van der Waals surface area contributed by atoms with Crippen LogP contribution in [0.4, 0.5) is 5.69 Å². The molecule has 1 aromatic heterocycles. The molecule has 2 heterocycles. The van der Waals surface area contributed by atoms with Crippen LogP contribution in [-0.4, -0.2) is 10.4 Å². The summed E-state index contributed by atoms with van der Waals surface area (Å²) in [6.07, 6.45) is 6.19. The summed E-state index contributed by atoms with van der Waals surface area (Å²) in [5.41, 5.74) is 17.0. The summed E-state index contributed by atoms with van der Waals surface area (Å²) in [5, 5.41) is 5.93. The standard InChI is InChI=1S/C46H32N2O/c1-27-23-29(21-22-47-44-31(27)18-19-34-32-13-7-8-15-35(32)45(49)43(34)44)28-17-20-41-37(24-28)38-25-36-33-14-9-10-16-39(33)46(2,3)40(36)26-42(38)48(41)30-11-5-4-6-12-30/h4-26,47H,1H2,2-3H3/b22-21-,29-23+. The smallest absolute Gasteiger partial charge is 0.196 e. The van der Waals surface area contributed by atoms with E-state index in [-0.39, 0.29) is 11.2 Å². The quantitative estimate of drug-likeness (QED) is 0.207. The maximum atomic E-state index is 13.5. The molecule has 0 unspecified atom stereocenters. The molecule has 49 heavy (non-hydrogen) atoms. The second-order valence-electron chi connectivity index (χ2n) is 13.9. The zero-order valence-corrected chi connectivity index (χ0v) is 27.3. The molecule has 3 nitrogen and oxygen atoms in total. The number of nitrogens with one attached hydrogen (secondary N) is 1. The van der Waals surface area contributed by atoms with Gasteiger partial charge in [-0.2, -0.15) is 0 Å². The molecule has 1 N–H and O–H groups in total. The third kappa shape index (κ3) is 3.81. The van der Waals surface area contributed by atoms with Gasteiger partial charge in [0, 0.05) is 39.2 Å². The Hall–Kier alpha value is -6.19. The number of hydrogen-bond acceptors (Lipinski definition) is 2. The maximum absolute atomic E-state index is 13.5. The summed E-state index contributed by atoms with van der Waals surface area (Å²) in [4.78, 5) is 13.5. The van der Waals surface area contributed by atoms with Crippen molar-refractivity contribution >= 4 is 44.4 Å². The molecule has 0 bridgehead atoms. The molecular formula is C46H32N2O. The maximum Gasteiger partial charge on any atom is 0.196 e. The number of ketones is 1. The number of benzene rings is 6. The lowest BCUT2D eigenvalue weighted by molar-refractivity contribution is 0.104. The van der Waals surface area contributed by atoms with Crippen molar-refractivity contribution in [1.82, 2.24) is 4.57 Å². The van der Waals surface area contributed by atoms with Crippen molar-refractivity contribution < 1.29 is 4.79 Å². The van der Waals surface area contributed by atoms with Gasteiger partial charge in [0.25, 0.3) is 0 Å². The first kappa shape index (κ1) is 27.9. The van der Waals surface area contributed by atoms with Gasteiger partial charge >= 0.3 is 0 Å². The normalized spacial score (nSPS) is 16.9. The van der Waals surface area contributed by atoms with Gasteiger partial charge in [-0.1, -0.05) is 105 Å². The average Bonchev–Trinajstić information content (AvgIpc) is 3.69. The van der Waals surface area contributed by atoms with E-state index in [4.69, 9.17) is 0 Å². The number of fused-ring (bicyclic) bond motifs is 11. The summed E-state index contributed by atoms with van der Waals surface area (Å²) in [7, 11) is 0. The third-order valence-electron chi connectivity index (χ3n) is 10.9. The fourth-order valence-corrected chi connectivity index (χ4v) is 8.49. The molecule has 0 amide bonds. The Balaban J connectivity index is 1.15. The number of carbonyl (C=O) groups excluding carboxylic acids is 1. The highest BCUT2D eigenvalue weighted by molar-refractivity contribution is 6.25. The lowest BCUT2D eigenvalue weighted by Crippen LogP contribution is -2.14. The van der Waals surface area contributed by atoms with E-state index in [1.54, 1.807) is 0 Å². The molecule has 0 spiro atoms. The Morgan fingerprint density at radius 3 is 2.18 bits per heavy atom. The Kier molecular flexibility index (Phi) is 5.64. The summed E-state index contributed by atoms with van der Waals surface area (Å²) >= 11 is 0. The molecule has 3 aliphatic rings. The number of carbonyl (C=O) groups is 1. The van der Waals surface area contributed by atoms with Crippen LogP contribution < -0.4 is 5.32 Å². The van der Waals surface area contributed by atoms with Crippen molar-refractivity contribution in [2.75, 3.05) is 5.32 Å². The highest BCUT2D eigenvalue weighted by atomic mass is 16.1. The molecule has 0 atom stereocenters. The Morgan fingerprint density at radius 2 is 1.35 bits per heavy atom. The highest BCUT2D eigenvalue weighted by Gasteiger charge is 2.36. The Bertz CT molecular complexity index is 2680. The van der Waals surface area contributed by atoms with Gasteiger partial charge in [0.2, 0.25) is 0 Å². The summed E-state index contributed by atoms with van der Waals surface area (Å²) < 4.78 is 2.41. The van der Waals surface area contributed by atoms with Crippen molar-refractivity contribution in [3.05, 3.63) is 180 Å². The number of para-hydroxylation sites is 1. The number of rotatable bonds is 2. The first-order valence-electron chi connectivity index (χ1n) is 16.8. The zero-order valence-electron chi connectivity index (χ0n) is 27.3. The van der Waals surface area contributed by atoms with E-state index in [9.17, 15) is 4.79 Å². The van der Waals surface area contributed by atoms with Crippen molar-refractivity contribution in [3.63, 3.8) is 0 Å². The van der Waals surface area contributed by atoms with E-state index in [0.29, 0.717) is 5.56 Å². The molecular weight excluding hydrogens is 597 g/mol. The van der Waals surface area contributed by atoms with Crippen molar-refractivity contribution in [1.29, 1.82) is 0 Å². The van der Waals surface area contributed by atoms with Crippen LogP contribution in [0, 0.1) is 0 Å². The fourth-order valence-electron chi connectivity index (χ4n) is 8.49. The van der Waals surface area contributed by atoms with E-state index >= 15 is 0 Å². The van der Waals surface area contributed by atoms with Gasteiger partial charge in [0.15, 0.2) is 5.78 Å². The number of allylic oxidation sites excluding steroid dienone is 4. The minimum atomic E-state index is -0.0884. The molecule has 7 aromatic rings. The van der Waals surface area contributed by atoms with Crippen molar-refractivity contribution in [2.45, 2.75) is 19.3 Å². The minimum Gasteiger partial charge on any atom is -0.361 e. The van der Waals surface area contributed by atoms with Crippen LogP contribution in [0.25, 0.3) is 60.9 Å². The molecule has 0 saturated heterocycles. The molecule has 2 aliphatic carbocycles. The highest BCUT2D eigenvalue weighted by Crippen LogP contribution is 2.51. The first-order valence-corrected chi connectivity index (χ1v) is 16.8. The van der Waals surface area contributed by atoms with E-state index in [1.165, 1.54) is 44.1 Å². The van der Waals surface area contributed by atoms with Gasteiger partial charge in [0.1, 0.15) is 0 Å². The average molecular weight is 629 g/mol. The van der Waals surface area contributed by atoms with Gasteiger partial charge in [-0.3, -0.25) is 4.79 Å². The molecule has 0 radical (unpaired) electrons. The van der Waals surface area contributed by atoms with Gasteiger partial charge in [-0.05, 0) is 98.6 Å². The second kappa shape index (κ2) is 9.91. The van der Waals surface area contributed by atoms with Crippen LogP contribution in [-0.2, 0) is 5.41 Å². The first-order chi connectivity index (χ1) is 23.9. The Labute approximate surface area is 285 Å². The van der Waals surface area contributed by atoms with Crippen molar-refractivity contribution in [2.24, 2.45) is 0 Å². The van der Waals surface area contributed by atoms with E-state index in [1.807, 2.05) is 30.5 Å². The summed E-state index contributed by atoms with van der Waals surface area (Å²) in [6.45, 7) is 9.18. The number of hydrogen-bond donors (Lipinski definition) is 1. The predicted octanol–water partition coefficient (Wildman–Crippen LogP) is 11.3. The fraction of sp³-hybridized carbons (Fsp3) is 0.0652. The van der Waals surface area contributed by atoms with E-state index < -0.39 is 0 Å². The number of anilines is 1. The second-order valence-corrected chi connectivity index (χ2v) is 13.9. The van der Waals surface area contributed by atoms with Gasteiger partial charge in [-0.25, -0.2) is 0 Å². The van der Waals surface area contributed by atoms with Crippen LogP contribution in [0.1, 0.15) is 52.0 Å². The van der Waals surface area contributed by atoms with E-state index in [2.05, 4.69) is 140 Å². The van der Waals surface area contributed by atoms with Crippen LogP contribution in [0.15, 0.2) is 146 Å². The lowest BCUT2D eigenvalue weighted by atomic mass is 9.82.